The van der Waals surface area contributed by atoms with Crippen molar-refractivity contribution < 1.29 is 13.9 Å². The van der Waals surface area contributed by atoms with Gasteiger partial charge in [-0.25, -0.2) is 0 Å². The SMILES string of the molecule is O=C(CS(=O)c1ccc([N+](=O)[O-])cc1)c1ccccc1Cl. The second kappa shape index (κ2) is 6.60. The van der Waals surface area contributed by atoms with Crippen molar-refractivity contribution in [1.82, 2.24) is 0 Å². The average molecular weight is 324 g/mol. The quantitative estimate of drug-likeness (QED) is 0.481. The summed E-state index contributed by atoms with van der Waals surface area (Å²) in [6, 6.07) is 11.8. The minimum atomic E-state index is -1.57. The summed E-state index contributed by atoms with van der Waals surface area (Å²) in [7, 11) is -1.57. The maximum atomic E-state index is 12.1. The van der Waals surface area contributed by atoms with E-state index in [1.54, 1.807) is 24.3 Å². The molecule has 0 aromatic heterocycles. The molecule has 5 nitrogen and oxygen atoms in total. The van der Waals surface area contributed by atoms with Crippen LogP contribution in [0.25, 0.3) is 0 Å². The minimum absolute atomic E-state index is 0.0896. The molecule has 7 heteroatoms. The van der Waals surface area contributed by atoms with Crippen molar-refractivity contribution in [3.8, 4) is 0 Å². The zero-order valence-electron chi connectivity index (χ0n) is 10.7. The van der Waals surface area contributed by atoms with Gasteiger partial charge in [0.25, 0.3) is 5.69 Å². The molecule has 0 aliphatic heterocycles. The first kappa shape index (κ1) is 15.3. The van der Waals surface area contributed by atoms with E-state index < -0.39 is 15.7 Å². The predicted octanol–water partition coefficient (Wildman–Crippen LogP) is 3.24. The molecule has 0 amide bonds. The Morgan fingerprint density at radius 2 is 1.76 bits per heavy atom. The Labute approximate surface area is 128 Å². The molecule has 1 unspecified atom stereocenters. The van der Waals surface area contributed by atoms with Gasteiger partial charge in [-0.2, -0.15) is 0 Å². The molecule has 0 aliphatic rings. The molecule has 0 radical (unpaired) electrons. The van der Waals surface area contributed by atoms with E-state index in [4.69, 9.17) is 11.6 Å². The van der Waals surface area contributed by atoms with Gasteiger partial charge in [-0.05, 0) is 24.3 Å². The summed E-state index contributed by atoms with van der Waals surface area (Å²) in [5.74, 6) is -0.557. The second-order valence-electron chi connectivity index (χ2n) is 4.14. The minimum Gasteiger partial charge on any atom is -0.293 e. The number of nitro groups is 1. The number of hydrogen-bond acceptors (Lipinski definition) is 4. The molecule has 0 saturated heterocycles. The van der Waals surface area contributed by atoms with Crippen molar-refractivity contribution >= 4 is 33.9 Å². The fraction of sp³-hybridized carbons (Fsp3) is 0.0714. The van der Waals surface area contributed by atoms with Crippen molar-refractivity contribution in [2.45, 2.75) is 4.90 Å². The summed E-state index contributed by atoms with van der Waals surface area (Å²) in [6.45, 7) is 0. The molecular weight excluding hydrogens is 314 g/mol. The molecular formula is C14H10ClNO4S. The fourth-order valence-electron chi connectivity index (χ4n) is 1.69. The number of halogens is 1. The standard InChI is InChI=1S/C14H10ClNO4S/c15-13-4-2-1-3-12(13)14(17)9-21(20)11-7-5-10(6-8-11)16(18)19/h1-8H,9H2. The molecule has 0 fully saturated rings. The molecule has 2 aromatic carbocycles. The van der Waals surface area contributed by atoms with Crippen molar-refractivity contribution in [2.75, 3.05) is 5.75 Å². The summed E-state index contributed by atoms with van der Waals surface area (Å²) in [4.78, 5) is 22.4. The molecule has 2 rings (SSSR count). The van der Waals surface area contributed by atoms with Gasteiger partial charge in [0, 0.05) is 22.6 Å². The number of rotatable bonds is 5. The van der Waals surface area contributed by atoms with Crippen LogP contribution in [0.4, 0.5) is 5.69 Å². The number of nitrogens with zero attached hydrogens (tertiary/aromatic N) is 1. The predicted molar refractivity (Wildman–Crippen MR) is 80.2 cm³/mol. The van der Waals surface area contributed by atoms with Gasteiger partial charge in [-0.3, -0.25) is 19.1 Å². The number of non-ortho nitro benzene ring substituents is 1. The number of carbonyl (C=O) groups excluding carboxylic acids is 1. The lowest BCUT2D eigenvalue weighted by molar-refractivity contribution is -0.384. The monoisotopic (exact) mass is 323 g/mol. The average Bonchev–Trinajstić information content (AvgIpc) is 2.47. The molecule has 0 heterocycles. The third-order valence-electron chi connectivity index (χ3n) is 2.75. The van der Waals surface area contributed by atoms with Crippen LogP contribution in [-0.2, 0) is 10.8 Å². The van der Waals surface area contributed by atoms with Crippen LogP contribution < -0.4 is 0 Å². The Bertz CT molecular complexity index is 715. The summed E-state index contributed by atoms with van der Waals surface area (Å²) in [5.41, 5.74) is 0.225. The van der Waals surface area contributed by atoms with Crippen LogP contribution in [-0.4, -0.2) is 20.7 Å². The second-order valence-corrected chi connectivity index (χ2v) is 6.00. The van der Waals surface area contributed by atoms with Crippen molar-refractivity contribution in [2.24, 2.45) is 0 Å². The lowest BCUT2D eigenvalue weighted by atomic mass is 10.1. The highest BCUT2D eigenvalue weighted by molar-refractivity contribution is 7.85. The maximum absolute atomic E-state index is 12.1. The zero-order chi connectivity index (χ0) is 15.4. The summed E-state index contributed by atoms with van der Waals surface area (Å²) >= 11 is 5.91. The maximum Gasteiger partial charge on any atom is 0.269 e. The Kier molecular flexibility index (Phi) is 4.82. The molecule has 21 heavy (non-hydrogen) atoms. The van der Waals surface area contributed by atoms with Gasteiger partial charge < -0.3 is 0 Å². The van der Waals surface area contributed by atoms with Crippen molar-refractivity contribution in [1.29, 1.82) is 0 Å². The summed E-state index contributed by atoms with van der Waals surface area (Å²) < 4.78 is 12.1. The number of Topliss-reactive ketones (excluding diaryl/α,β-unsaturated/α-hetero) is 1. The lowest BCUT2D eigenvalue weighted by Crippen LogP contribution is -2.11. The molecule has 108 valence electrons. The van der Waals surface area contributed by atoms with Gasteiger partial charge >= 0.3 is 0 Å². The third kappa shape index (κ3) is 3.74. The highest BCUT2D eigenvalue weighted by Crippen LogP contribution is 2.18. The van der Waals surface area contributed by atoms with Crippen LogP contribution in [0, 0.1) is 10.1 Å². The number of nitro benzene ring substituents is 1. The molecule has 0 bridgehead atoms. The molecule has 0 saturated carbocycles. The third-order valence-corrected chi connectivity index (χ3v) is 4.40. The smallest absolute Gasteiger partial charge is 0.269 e. The van der Waals surface area contributed by atoms with E-state index in [2.05, 4.69) is 0 Å². The number of hydrogen-bond donors (Lipinski definition) is 0. The topological polar surface area (TPSA) is 77.3 Å². The van der Waals surface area contributed by atoms with Gasteiger partial charge in [-0.15, -0.1) is 0 Å². The molecule has 0 spiro atoms. The Morgan fingerprint density at radius 1 is 1.14 bits per heavy atom. The number of benzene rings is 2. The van der Waals surface area contributed by atoms with Gasteiger partial charge in [0.05, 0.1) is 26.5 Å². The van der Waals surface area contributed by atoms with Gasteiger partial charge in [0.1, 0.15) is 0 Å². The first-order valence-electron chi connectivity index (χ1n) is 5.89. The Hall–Kier alpha value is -2.05. The highest BCUT2D eigenvalue weighted by atomic mass is 35.5. The first-order valence-corrected chi connectivity index (χ1v) is 7.59. The van der Waals surface area contributed by atoms with E-state index in [0.717, 1.165) is 0 Å². The fourth-order valence-corrected chi connectivity index (χ4v) is 2.93. The Morgan fingerprint density at radius 3 is 2.33 bits per heavy atom. The summed E-state index contributed by atoms with van der Waals surface area (Å²) in [5, 5.41) is 10.9. The van der Waals surface area contributed by atoms with Gasteiger partial charge in [-0.1, -0.05) is 23.7 Å². The number of ketones is 1. The van der Waals surface area contributed by atoms with E-state index in [9.17, 15) is 19.1 Å². The van der Waals surface area contributed by atoms with Crippen molar-refractivity contribution in [3.63, 3.8) is 0 Å². The van der Waals surface area contributed by atoms with Crippen LogP contribution >= 0.6 is 11.6 Å². The normalized spacial score (nSPS) is 11.9. The molecule has 2 aromatic rings. The lowest BCUT2D eigenvalue weighted by Gasteiger charge is -2.04. The van der Waals surface area contributed by atoms with Crippen LogP contribution in [0.15, 0.2) is 53.4 Å². The number of carbonyl (C=O) groups is 1. The highest BCUT2D eigenvalue weighted by Gasteiger charge is 2.15. The largest absolute Gasteiger partial charge is 0.293 e. The van der Waals surface area contributed by atoms with Crippen molar-refractivity contribution in [3.05, 3.63) is 69.2 Å². The summed E-state index contributed by atoms with van der Waals surface area (Å²) in [6.07, 6.45) is 0. The zero-order valence-corrected chi connectivity index (χ0v) is 12.3. The van der Waals surface area contributed by atoms with Gasteiger partial charge in [0.15, 0.2) is 5.78 Å². The van der Waals surface area contributed by atoms with Crippen LogP contribution in [0.3, 0.4) is 0 Å². The van der Waals surface area contributed by atoms with Gasteiger partial charge in [0.2, 0.25) is 0 Å². The first-order chi connectivity index (χ1) is 9.99. The van der Waals surface area contributed by atoms with Crippen LogP contribution in [0.2, 0.25) is 5.02 Å². The van der Waals surface area contributed by atoms with E-state index >= 15 is 0 Å². The van der Waals surface area contributed by atoms with Crippen LogP contribution in [0.1, 0.15) is 10.4 Å². The molecule has 0 N–H and O–H groups in total. The van der Waals surface area contributed by atoms with Crippen LogP contribution in [0.5, 0.6) is 0 Å². The molecule has 0 aliphatic carbocycles. The van der Waals surface area contributed by atoms with E-state index in [1.165, 1.54) is 24.3 Å². The van der Waals surface area contributed by atoms with E-state index in [0.29, 0.717) is 15.5 Å². The Balaban J connectivity index is 2.13. The molecule has 1 atom stereocenters. The van der Waals surface area contributed by atoms with E-state index in [-0.39, 0.29) is 17.2 Å². The van der Waals surface area contributed by atoms with E-state index in [1.807, 2.05) is 0 Å².